The Hall–Kier alpha value is -2.29. The molecule has 0 aliphatic carbocycles. The van der Waals surface area contributed by atoms with E-state index >= 15 is 0 Å². The molecule has 0 spiro atoms. The standard InChI is InChI=1S/C12H15N5O3S/c1-12(2,6-10(19)20)13-9(18)7-17-15-11(14-16-17)8-4-3-5-21-8/h3-5H,6-7H2,1-2H3,(H,13,18)(H,19,20). The lowest BCUT2D eigenvalue weighted by Crippen LogP contribution is -2.46. The van der Waals surface area contributed by atoms with Gasteiger partial charge in [-0.1, -0.05) is 6.07 Å². The van der Waals surface area contributed by atoms with Crippen LogP contribution in [0.5, 0.6) is 0 Å². The Balaban J connectivity index is 1.96. The number of hydrogen-bond donors (Lipinski definition) is 2. The second kappa shape index (κ2) is 6.00. The smallest absolute Gasteiger partial charge is 0.305 e. The van der Waals surface area contributed by atoms with Gasteiger partial charge in [-0.25, -0.2) is 0 Å². The normalized spacial score (nSPS) is 11.3. The van der Waals surface area contributed by atoms with Gasteiger partial charge < -0.3 is 10.4 Å². The van der Waals surface area contributed by atoms with Crippen molar-refractivity contribution in [3.05, 3.63) is 17.5 Å². The molecule has 0 saturated heterocycles. The van der Waals surface area contributed by atoms with E-state index in [0.717, 1.165) is 4.88 Å². The first-order valence-electron chi connectivity index (χ1n) is 6.20. The first-order valence-corrected chi connectivity index (χ1v) is 7.08. The van der Waals surface area contributed by atoms with Gasteiger partial charge in [0.25, 0.3) is 0 Å². The molecule has 0 aromatic carbocycles. The van der Waals surface area contributed by atoms with E-state index in [9.17, 15) is 9.59 Å². The number of aromatic nitrogens is 4. The summed E-state index contributed by atoms with van der Waals surface area (Å²) in [6, 6.07) is 3.74. The average molecular weight is 309 g/mol. The molecular weight excluding hydrogens is 294 g/mol. The number of carboxylic acid groups (broad SMARTS) is 1. The van der Waals surface area contributed by atoms with E-state index in [4.69, 9.17) is 5.11 Å². The van der Waals surface area contributed by atoms with Crippen molar-refractivity contribution in [2.45, 2.75) is 32.4 Å². The number of nitrogens with zero attached hydrogens (tertiary/aromatic N) is 4. The lowest BCUT2D eigenvalue weighted by atomic mass is 10.0. The molecule has 21 heavy (non-hydrogen) atoms. The number of amides is 1. The Labute approximate surface area is 124 Å². The van der Waals surface area contributed by atoms with Crippen LogP contribution in [0.4, 0.5) is 0 Å². The summed E-state index contributed by atoms with van der Waals surface area (Å²) in [7, 11) is 0. The molecular formula is C12H15N5O3S. The Morgan fingerprint density at radius 2 is 2.24 bits per heavy atom. The van der Waals surface area contributed by atoms with Gasteiger partial charge in [-0.2, -0.15) is 4.80 Å². The predicted octanol–water partition coefficient (Wildman–Crippen LogP) is 0.771. The van der Waals surface area contributed by atoms with Gasteiger partial charge in [-0.15, -0.1) is 21.5 Å². The van der Waals surface area contributed by atoms with E-state index in [1.54, 1.807) is 13.8 Å². The number of nitrogens with one attached hydrogen (secondary N) is 1. The molecule has 2 aromatic rings. The van der Waals surface area contributed by atoms with Gasteiger partial charge in [0, 0.05) is 5.54 Å². The Morgan fingerprint density at radius 1 is 1.48 bits per heavy atom. The number of aliphatic carboxylic acids is 1. The molecule has 2 N–H and O–H groups in total. The van der Waals surface area contributed by atoms with Crippen LogP contribution in [0.1, 0.15) is 20.3 Å². The highest BCUT2D eigenvalue weighted by Gasteiger charge is 2.24. The summed E-state index contributed by atoms with van der Waals surface area (Å²) in [4.78, 5) is 24.6. The van der Waals surface area contributed by atoms with Crippen LogP contribution in [0.15, 0.2) is 17.5 Å². The van der Waals surface area contributed by atoms with E-state index in [1.165, 1.54) is 16.1 Å². The highest BCUT2D eigenvalue weighted by Crippen LogP contribution is 2.19. The first-order chi connectivity index (χ1) is 9.85. The van der Waals surface area contributed by atoms with Crippen LogP contribution in [0.25, 0.3) is 10.7 Å². The van der Waals surface area contributed by atoms with Crippen molar-refractivity contribution < 1.29 is 14.7 Å². The van der Waals surface area contributed by atoms with Gasteiger partial charge in [0.05, 0.1) is 11.3 Å². The molecule has 1 amide bonds. The summed E-state index contributed by atoms with van der Waals surface area (Å²) in [5, 5.41) is 25.1. The number of carboxylic acids is 1. The van der Waals surface area contributed by atoms with Crippen LogP contribution in [0.3, 0.4) is 0 Å². The summed E-state index contributed by atoms with van der Waals surface area (Å²) >= 11 is 1.48. The number of hydrogen-bond acceptors (Lipinski definition) is 6. The van der Waals surface area contributed by atoms with E-state index < -0.39 is 11.5 Å². The maximum absolute atomic E-state index is 11.9. The van der Waals surface area contributed by atoms with Gasteiger partial charge in [-0.3, -0.25) is 9.59 Å². The Kier molecular flexibility index (Phi) is 4.32. The van der Waals surface area contributed by atoms with Crippen LogP contribution in [-0.2, 0) is 16.1 Å². The molecule has 2 heterocycles. The second-order valence-corrected chi connectivity index (χ2v) is 6.07. The SMILES string of the molecule is CC(C)(CC(=O)O)NC(=O)Cn1nnc(-c2cccs2)n1. The lowest BCUT2D eigenvalue weighted by molar-refractivity contribution is -0.138. The molecule has 0 aliphatic heterocycles. The third-order valence-corrected chi connectivity index (χ3v) is 3.42. The zero-order valence-corrected chi connectivity index (χ0v) is 12.4. The topological polar surface area (TPSA) is 110 Å². The number of thiophene rings is 1. The predicted molar refractivity (Wildman–Crippen MR) is 75.6 cm³/mol. The zero-order valence-electron chi connectivity index (χ0n) is 11.6. The molecule has 0 saturated carbocycles. The largest absolute Gasteiger partial charge is 0.481 e. The number of carbonyl (C=O) groups excluding carboxylic acids is 1. The maximum atomic E-state index is 11.9. The van der Waals surface area contributed by atoms with E-state index in [0.29, 0.717) is 5.82 Å². The van der Waals surface area contributed by atoms with Gasteiger partial charge in [0.15, 0.2) is 0 Å². The minimum atomic E-state index is -0.973. The van der Waals surface area contributed by atoms with Gasteiger partial charge >= 0.3 is 5.97 Å². The number of rotatable bonds is 6. The summed E-state index contributed by atoms with van der Waals surface area (Å²) in [5.74, 6) is -0.877. The fourth-order valence-corrected chi connectivity index (χ4v) is 2.43. The molecule has 8 nitrogen and oxygen atoms in total. The average Bonchev–Trinajstić information content (AvgIpc) is 2.94. The third-order valence-electron chi connectivity index (χ3n) is 2.55. The van der Waals surface area contributed by atoms with Crippen molar-refractivity contribution >= 4 is 23.2 Å². The molecule has 0 unspecified atom stereocenters. The van der Waals surface area contributed by atoms with Crippen LogP contribution >= 0.6 is 11.3 Å². The molecule has 0 fully saturated rings. The zero-order chi connectivity index (χ0) is 15.5. The molecule has 0 atom stereocenters. The lowest BCUT2D eigenvalue weighted by Gasteiger charge is -2.23. The quantitative estimate of drug-likeness (QED) is 0.815. The van der Waals surface area contributed by atoms with Crippen molar-refractivity contribution in [2.24, 2.45) is 0 Å². The van der Waals surface area contributed by atoms with Gasteiger partial charge in [-0.05, 0) is 30.5 Å². The molecule has 0 aliphatic rings. The Morgan fingerprint density at radius 3 is 2.86 bits per heavy atom. The number of tetrazole rings is 1. The minimum Gasteiger partial charge on any atom is -0.481 e. The van der Waals surface area contributed by atoms with Crippen molar-refractivity contribution in [1.29, 1.82) is 0 Å². The van der Waals surface area contributed by atoms with Crippen LogP contribution in [-0.4, -0.2) is 42.7 Å². The summed E-state index contributed by atoms with van der Waals surface area (Å²) in [6.07, 6.45) is -0.163. The van der Waals surface area contributed by atoms with Crippen LogP contribution < -0.4 is 5.32 Å². The van der Waals surface area contributed by atoms with Crippen molar-refractivity contribution in [2.75, 3.05) is 0 Å². The van der Waals surface area contributed by atoms with E-state index in [1.807, 2.05) is 17.5 Å². The fraction of sp³-hybridized carbons (Fsp3) is 0.417. The van der Waals surface area contributed by atoms with Crippen LogP contribution in [0, 0.1) is 0 Å². The monoisotopic (exact) mass is 309 g/mol. The summed E-state index contributed by atoms with van der Waals surface area (Å²) in [5.41, 5.74) is -0.833. The Bertz CT molecular complexity index is 635. The molecule has 0 bridgehead atoms. The fourth-order valence-electron chi connectivity index (χ4n) is 1.78. The molecule has 2 rings (SSSR count). The molecule has 0 radical (unpaired) electrons. The molecule has 9 heteroatoms. The molecule has 2 aromatic heterocycles. The van der Waals surface area contributed by atoms with E-state index in [-0.39, 0.29) is 18.9 Å². The van der Waals surface area contributed by atoms with Gasteiger partial charge in [0.1, 0.15) is 6.54 Å². The maximum Gasteiger partial charge on any atom is 0.305 e. The second-order valence-electron chi connectivity index (χ2n) is 5.12. The minimum absolute atomic E-state index is 0.110. The van der Waals surface area contributed by atoms with Crippen molar-refractivity contribution in [3.8, 4) is 10.7 Å². The highest BCUT2D eigenvalue weighted by atomic mass is 32.1. The molecule has 112 valence electrons. The highest BCUT2D eigenvalue weighted by molar-refractivity contribution is 7.13. The summed E-state index contributed by atoms with van der Waals surface area (Å²) < 4.78 is 0. The van der Waals surface area contributed by atoms with Gasteiger partial charge in [0.2, 0.25) is 11.7 Å². The summed E-state index contributed by atoms with van der Waals surface area (Å²) in [6.45, 7) is 3.18. The third kappa shape index (κ3) is 4.35. The van der Waals surface area contributed by atoms with E-state index in [2.05, 4.69) is 20.7 Å². The number of carbonyl (C=O) groups is 2. The first kappa shape index (κ1) is 15.1. The van der Waals surface area contributed by atoms with Crippen LogP contribution in [0.2, 0.25) is 0 Å². The van der Waals surface area contributed by atoms with Crippen molar-refractivity contribution in [1.82, 2.24) is 25.5 Å². The van der Waals surface area contributed by atoms with Crippen molar-refractivity contribution in [3.63, 3.8) is 0 Å².